The quantitative estimate of drug-likeness (QED) is 0.436. The van der Waals surface area contributed by atoms with Crippen LogP contribution in [0.1, 0.15) is 0 Å². The van der Waals surface area contributed by atoms with Crippen LogP contribution in [0.2, 0.25) is 0 Å². The van der Waals surface area contributed by atoms with Crippen molar-refractivity contribution in [1.29, 1.82) is 0 Å². The van der Waals surface area contributed by atoms with Gasteiger partial charge in [-0.1, -0.05) is 0 Å². The summed E-state index contributed by atoms with van der Waals surface area (Å²) in [5.41, 5.74) is 0. The van der Waals surface area contributed by atoms with Crippen LogP contribution in [0.25, 0.3) is 0 Å². The van der Waals surface area contributed by atoms with Gasteiger partial charge in [-0.15, -0.1) is 0 Å². The number of ether oxygens (including phenoxy) is 1. The van der Waals surface area contributed by atoms with Crippen molar-refractivity contribution in [2.45, 2.75) is 6.18 Å². The Morgan fingerprint density at radius 1 is 1.33 bits per heavy atom. The summed E-state index contributed by atoms with van der Waals surface area (Å²) in [4.78, 5) is 0. The zero-order chi connectivity index (χ0) is 7.33. The van der Waals surface area contributed by atoms with Gasteiger partial charge in [0.1, 0.15) is 29.6 Å². The first-order valence-corrected chi connectivity index (χ1v) is 2.82. The Hall–Kier alpha value is 0.440. The maximum Gasteiger partial charge on any atom is 0.411 e. The van der Waals surface area contributed by atoms with E-state index in [1.165, 1.54) is 23.0 Å². The molecule has 56 valence electrons. The Balaban J connectivity index is 3.07. The van der Waals surface area contributed by atoms with Gasteiger partial charge in [0.2, 0.25) is 0 Å². The number of rotatable bonds is 3. The monoisotopic (exact) mass is 256 g/mol. The average molecular weight is 256 g/mol. The third-order valence-corrected chi connectivity index (χ3v) is 0.648. The molecule has 0 aromatic carbocycles. The van der Waals surface area contributed by atoms with E-state index in [2.05, 4.69) is 7.80 Å². The van der Waals surface area contributed by atoms with Gasteiger partial charge < -0.3 is 4.74 Å². The summed E-state index contributed by atoms with van der Waals surface area (Å²) in [5.74, 6) is 0. The normalized spacial score (nSPS) is 12.0. The minimum Gasteiger partial charge on any atom is -0.345 e. The van der Waals surface area contributed by atoms with Crippen LogP contribution in [-0.4, -0.2) is 19.6 Å². The zero-order valence-corrected chi connectivity index (χ0v) is 6.40. The molecular weight excluding hydrogens is 252 g/mol. The number of hydrogen-bond donors (Lipinski definition) is 0. The van der Waals surface area contributed by atoms with Crippen molar-refractivity contribution in [1.82, 2.24) is 0 Å². The highest BCUT2D eigenvalue weighted by Gasteiger charge is 2.27. The van der Waals surface area contributed by atoms with E-state index in [9.17, 15) is 13.2 Å². The lowest BCUT2D eigenvalue weighted by Crippen LogP contribution is -2.17. The highest BCUT2D eigenvalue weighted by atomic mass is 127. The smallest absolute Gasteiger partial charge is 0.345 e. The molecule has 0 aliphatic heterocycles. The Morgan fingerprint density at radius 3 is 2.22 bits per heavy atom. The summed E-state index contributed by atoms with van der Waals surface area (Å²) >= 11 is 1.45. The van der Waals surface area contributed by atoms with E-state index in [1.54, 1.807) is 0 Å². The van der Waals surface area contributed by atoms with E-state index in [4.69, 9.17) is 0 Å². The largest absolute Gasteiger partial charge is 0.411 e. The van der Waals surface area contributed by atoms with Crippen LogP contribution >= 0.6 is 23.0 Å². The Kier molecular flexibility index (Phi) is 4.50. The predicted molar refractivity (Wildman–Crippen MR) is 32.0 cm³/mol. The van der Waals surface area contributed by atoms with E-state index >= 15 is 0 Å². The molecule has 0 fully saturated rings. The summed E-state index contributed by atoms with van der Waals surface area (Å²) in [6.45, 7) is -1.59. The van der Waals surface area contributed by atoms with Gasteiger partial charge in [-0.3, -0.25) is 3.07 Å². The molecule has 0 aromatic rings. The first kappa shape index (κ1) is 9.44. The van der Waals surface area contributed by atoms with Crippen LogP contribution in [-0.2, 0) is 7.80 Å². The van der Waals surface area contributed by atoms with E-state index in [-0.39, 0.29) is 6.79 Å². The number of halogens is 4. The van der Waals surface area contributed by atoms with Crippen molar-refractivity contribution in [2.24, 2.45) is 0 Å². The van der Waals surface area contributed by atoms with Gasteiger partial charge in [-0.25, -0.2) is 0 Å². The molecule has 0 saturated carbocycles. The summed E-state index contributed by atoms with van der Waals surface area (Å²) in [5, 5.41) is 0. The topological polar surface area (TPSA) is 18.5 Å². The molecule has 0 spiro atoms. The van der Waals surface area contributed by atoms with Crippen LogP contribution < -0.4 is 0 Å². The Labute approximate surface area is 64.0 Å². The molecule has 0 N–H and O–H groups in total. The fourth-order valence-electron chi connectivity index (χ4n) is 0.189. The molecule has 0 unspecified atom stereocenters. The highest BCUT2D eigenvalue weighted by molar-refractivity contribution is 14.1. The predicted octanol–water partition coefficient (Wildman–Crippen LogP) is 1.89. The average Bonchev–Trinajstić information content (AvgIpc) is 1.63. The molecule has 9 heavy (non-hydrogen) atoms. The maximum atomic E-state index is 11.2. The number of alkyl halides is 3. The maximum absolute atomic E-state index is 11.2. The molecule has 0 rings (SSSR count). The van der Waals surface area contributed by atoms with Gasteiger partial charge in [0, 0.05) is 0 Å². The second-order valence-electron chi connectivity index (χ2n) is 1.19. The fourth-order valence-corrected chi connectivity index (χ4v) is 0.369. The molecule has 0 amide bonds. The highest BCUT2D eigenvalue weighted by Crippen LogP contribution is 2.14. The van der Waals surface area contributed by atoms with Gasteiger partial charge >= 0.3 is 6.18 Å². The van der Waals surface area contributed by atoms with Crippen LogP contribution in [0.4, 0.5) is 13.2 Å². The number of hydrogen-bond acceptors (Lipinski definition) is 2. The third-order valence-electron chi connectivity index (χ3n) is 0.394. The molecule has 0 aliphatic carbocycles. The Bertz CT molecular complexity index is 73.9. The first-order chi connectivity index (χ1) is 4.06. The van der Waals surface area contributed by atoms with Gasteiger partial charge in [0.15, 0.2) is 6.79 Å². The van der Waals surface area contributed by atoms with Crippen LogP contribution in [0.3, 0.4) is 0 Å². The van der Waals surface area contributed by atoms with Crippen molar-refractivity contribution in [3.63, 3.8) is 0 Å². The minimum atomic E-state index is -4.25. The van der Waals surface area contributed by atoms with Crippen molar-refractivity contribution < 1.29 is 21.0 Å². The third kappa shape index (κ3) is 8.44. The lowest BCUT2D eigenvalue weighted by atomic mass is 10.7. The second-order valence-corrected chi connectivity index (χ2v) is 1.81. The lowest BCUT2D eigenvalue weighted by Gasteiger charge is -2.04. The van der Waals surface area contributed by atoms with Gasteiger partial charge in [-0.2, -0.15) is 13.2 Å². The van der Waals surface area contributed by atoms with Gasteiger partial charge in [0.25, 0.3) is 0 Å². The van der Waals surface area contributed by atoms with E-state index in [0.29, 0.717) is 0 Å². The van der Waals surface area contributed by atoms with Crippen LogP contribution in [0, 0.1) is 0 Å². The molecule has 0 bridgehead atoms. The van der Waals surface area contributed by atoms with Crippen molar-refractivity contribution in [2.75, 3.05) is 13.4 Å². The van der Waals surface area contributed by atoms with Crippen molar-refractivity contribution >= 4 is 23.0 Å². The summed E-state index contributed by atoms with van der Waals surface area (Å²) in [6.07, 6.45) is -4.25. The molecule has 0 aromatic heterocycles. The summed E-state index contributed by atoms with van der Waals surface area (Å²) in [7, 11) is 0. The van der Waals surface area contributed by atoms with E-state index in [1.807, 2.05) is 0 Å². The van der Waals surface area contributed by atoms with Crippen LogP contribution in [0.15, 0.2) is 0 Å². The molecular formula is C3H4F3IO2. The zero-order valence-electron chi connectivity index (χ0n) is 4.24. The van der Waals surface area contributed by atoms with E-state index < -0.39 is 12.8 Å². The van der Waals surface area contributed by atoms with Crippen LogP contribution in [0.5, 0.6) is 0 Å². The van der Waals surface area contributed by atoms with Crippen molar-refractivity contribution in [3.8, 4) is 0 Å². The molecule has 0 aliphatic rings. The molecule has 0 saturated heterocycles. The van der Waals surface area contributed by atoms with Gasteiger partial charge in [-0.05, 0) is 0 Å². The summed E-state index contributed by atoms with van der Waals surface area (Å²) < 4.78 is 41.8. The molecule has 0 atom stereocenters. The molecule has 0 heterocycles. The first-order valence-electron chi connectivity index (χ1n) is 1.94. The summed E-state index contributed by atoms with van der Waals surface area (Å²) in [6, 6.07) is 0. The Morgan fingerprint density at radius 2 is 1.89 bits per heavy atom. The lowest BCUT2D eigenvalue weighted by molar-refractivity contribution is -0.184. The molecule has 2 nitrogen and oxygen atoms in total. The van der Waals surface area contributed by atoms with Crippen molar-refractivity contribution in [3.05, 3.63) is 0 Å². The molecule has 0 radical (unpaired) electrons. The van der Waals surface area contributed by atoms with Gasteiger partial charge in [0.05, 0.1) is 0 Å². The second kappa shape index (κ2) is 4.29. The standard InChI is InChI=1S/C3H4F3IO2/c4-3(5,6)1-8-2-9-7/h1-2H2. The minimum absolute atomic E-state index is 0.333. The molecule has 6 heteroatoms. The van der Waals surface area contributed by atoms with E-state index in [0.717, 1.165) is 0 Å². The fraction of sp³-hybridized carbons (Fsp3) is 1.00. The SMILES string of the molecule is FC(F)(F)COCOI.